The van der Waals surface area contributed by atoms with Gasteiger partial charge in [-0.1, -0.05) is 12.1 Å². The minimum atomic E-state index is -0.963. The van der Waals surface area contributed by atoms with Crippen LogP contribution >= 0.6 is 0 Å². The van der Waals surface area contributed by atoms with Gasteiger partial charge in [0.2, 0.25) is 0 Å². The van der Waals surface area contributed by atoms with Crippen LogP contribution in [0.5, 0.6) is 5.75 Å². The van der Waals surface area contributed by atoms with Crippen molar-refractivity contribution in [3.05, 3.63) is 71.9 Å². The van der Waals surface area contributed by atoms with Crippen molar-refractivity contribution in [1.82, 2.24) is 20.0 Å². The van der Waals surface area contributed by atoms with Gasteiger partial charge in [0.25, 0.3) is 5.91 Å². The molecular weight excluding hydrogens is 416 g/mol. The number of para-hydroxylation sites is 1. The molecule has 2 aromatic heterocycles. The molecular formula is C23H17F2N5O2. The average Bonchev–Trinajstić information content (AvgIpc) is 3.37. The van der Waals surface area contributed by atoms with E-state index in [4.69, 9.17) is 4.74 Å². The third kappa shape index (κ3) is 3.06. The molecule has 0 aliphatic heterocycles. The van der Waals surface area contributed by atoms with Gasteiger partial charge in [-0.05, 0) is 30.3 Å². The van der Waals surface area contributed by atoms with Gasteiger partial charge in [-0.25, -0.2) is 8.78 Å². The van der Waals surface area contributed by atoms with Gasteiger partial charge >= 0.3 is 0 Å². The quantitative estimate of drug-likeness (QED) is 0.432. The summed E-state index contributed by atoms with van der Waals surface area (Å²) >= 11 is 0. The second kappa shape index (κ2) is 7.45. The largest absolute Gasteiger partial charge is 0.496 e. The number of nitrogens with one attached hydrogen (secondary N) is 2. The van der Waals surface area contributed by atoms with Crippen LogP contribution in [-0.2, 0) is 7.05 Å². The smallest absolute Gasteiger partial charge is 0.261 e. The van der Waals surface area contributed by atoms with Crippen LogP contribution in [0, 0.1) is 11.6 Å². The minimum absolute atomic E-state index is 0.0720. The normalized spacial score (nSPS) is 11.2. The van der Waals surface area contributed by atoms with E-state index in [1.165, 1.54) is 10.9 Å². The van der Waals surface area contributed by atoms with Crippen LogP contribution < -0.4 is 10.1 Å². The number of aromatic nitrogens is 4. The number of carbonyl (C=O) groups is 1. The number of methoxy groups -OCH3 is 1. The summed E-state index contributed by atoms with van der Waals surface area (Å²) in [7, 11) is 3.14. The predicted octanol–water partition coefficient (Wildman–Crippen LogP) is 4.66. The minimum Gasteiger partial charge on any atom is -0.496 e. The molecule has 0 aliphatic carbocycles. The van der Waals surface area contributed by atoms with Crippen molar-refractivity contribution in [3.63, 3.8) is 0 Å². The highest BCUT2D eigenvalue weighted by molar-refractivity contribution is 6.08. The van der Waals surface area contributed by atoms with Crippen LogP contribution in [0.2, 0.25) is 0 Å². The van der Waals surface area contributed by atoms with Gasteiger partial charge in [-0.2, -0.15) is 10.2 Å². The Labute approximate surface area is 180 Å². The number of anilines is 1. The molecule has 0 saturated carbocycles. The Balaban J connectivity index is 1.54. The fourth-order valence-corrected chi connectivity index (χ4v) is 3.76. The van der Waals surface area contributed by atoms with Gasteiger partial charge < -0.3 is 10.1 Å². The Morgan fingerprint density at radius 3 is 2.75 bits per heavy atom. The molecule has 1 amide bonds. The van der Waals surface area contributed by atoms with Gasteiger partial charge in [-0.3, -0.25) is 14.6 Å². The topological polar surface area (TPSA) is 84.8 Å². The van der Waals surface area contributed by atoms with E-state index in [-0.39, 0.29) is 10.9 Å². The third-order valence-electron chi connectivity index (χ3n) is 5.35. The highest BCUT2D eigenvalue weighted by atomic mass is 19.1. The number of rotatable bonds is 4. The number of aromatic amines is 1. The van der Waals surface area contributed by atoms with E-state index in [9.17, 15) is 13.6 Å². The number of hydrogen-bond donors (Lipinski definition) is 2. The maximum absolute atomic E-state index is 14.9. The van der Waals surface area contributed by atoms with Crippen LogP contribution in [0.25, 0.3) is 33.1 Å². The zero-order chi connectivity index (χ0) is 22.4. The number of nitrogens with zero attached hydrogens (tertiary/aromatic N) is 3. The molecule has 0 spiro atoms. The zero-order valence-corrected chi connectivity index (χ0v) is 17.1. The summed E-state index contributed by atoms with van der Waals surface area (Å²) in [6.45, 7) is 0. The standard InChI is InChI=1S/C23H17F2N5O2/c1-30-18-10-16(24)20(21(25)15(18)11-26-30)23(31)27-12-7-8-17-14(9-12)22(29-28-17)13-5-3-4-6-19(13)32-2/h3-11H,1-2H3,(H,27,31)(H,28,29). The first-order valence-corrected chi connectivity index (χ1v) is 9.70. The van der Waals surface area contributed by atoms with Crippen molar-refractivity contribution in [2.24, 2.45) is 7.05 Å². The lowest BCUT2D eigenvalue weighted by Crippen LogP contribution is -2.16. The van der Waals surface area contributed by atoms with Gasteiger partial charge in [0.15, 0.2) is 0 Å². The molecule has 0 radical (unpaired) electrons. The van der Waals surface area contributed by atoms with Gasteiger partial charge in [0.05, 0.1) is 29.7 Å². The Kier molecular flexibility index (Phi) is 4.58. The average molecular weight is 433 g/mol. The summed E-state index contributed by atoms with van der Waals surface area (Å²) in [4.78, 5) is 12.8. The molecule has 2 heterocycles. The lowest BCUT2D eigenvalue weighted by Gasteiger charge is -2.09. The number of aryl methyl sites for hydroxylation is 1. The van der Waals surface area contributed by atoms with Crippen LogP contribution in [0.4, 0.5) is 14.5 Å². The highest BCUT2D eigenvalue weighted by Gasteiger charge is 2.23. The fraction of sp³-hybridized carbons (Fsp3) is 0.0870. The number of H-pyrrole nitrogens is 1. The van der Waals surface area contributed by atoms with E-state index in [0.29, 0.717) is 17.1 Å². The van der Waals surface area contributed by atoms with E-state index in [1.54, 1.807) is 32.4 Å². The Bertz CT molecular complexity index is 1510. The van der Waals surface area contributed by atoms with Crippen LogP contribution in [0.1, 0.15) is 10.4 Å². The predicted molar refractivity (Wildman–Crippen MR) is 117 cm³/mol. The number of hydrogen-bond acceptors (Lipinski definition) is 4. The molecule has 0 atom stereocenters. The summed E-state index contributed by atoms with van der Waals surface area (Å²) in [5, 5.41) is 14.6. The van der Waals surface area contributed by atoms with Crippen molar-refractivity contribution in [2.45, 2.75) is 0 Å². The molecule has 160 valence electrons. The summed E-state index contributed by atoms with van der Waals surface area (Å²) < 4.78 is 36.2. The van der Waals surface area contributed by atoms with Crippen molar-refractivity contribution >= 4 is 33.4 Å². The van der Waals surface area contributed by atoms with E-state index in [0.717, 1.165) is 22.5 Å². The van der Waals surface area contributed by atoms with Crippen LogP contribution in [0.15, 0.2) is 54.7 Å². The van der Waals surface area contributed by atoms with E-state index >= 15 is 0 Å². The molecule has 3 aromatic carbocycles. The first-order valence-electron chi connectivity index (χ1n) is 9.70. The molecule has 5 rings (SSSR count). The molecule has 2 N–H and O–H groups in total. The molecule has 0 unspecified atom stereocenters. The lowest BCUT2D eigenvalue weighted by atomic mass is 10.1. The summed E-state index contributed by atoms with van der Waals surface area (Å²) in [5.74, 6) is -2.17. The van der Waals surface area contributed by atoms with Gasteiger partial charge in [0.1, 0.15) is 28.6 Å². The van der Waals surface area contributed by atoms with E-state index in [1.807, 2.05) is 24.3 Å². The molecule has 7 nitrogen and oxygen atoms in total. The maximum atomic E-state index is 14.9. The number of halogens is 2. The maximum Gasteiger partial charge on any atom is 0.261 e. The van der Waals surface area contributed by atoms with Crippen molar-refractivity contribution in [3.8, 4) is 17.0 Å². The van der Waals surface area contributed by atoms with Crippen molar-refractivity contribution in [2.75, 3.05) is 12.4 Å². The second-order valence-corrected chi connectivity index (χ2v) is 7.24. The van der Waals surface area contributed by atoms with E-state index in [2.05, 4.69) is 20.6 Å². The van der Waals surface area contributed by atoms with E-state index < -0.39 is 23.1 Å². The Morgan fingerprint density at radius 2 is 1.94 bits per heavy atom. The number of benzene rings is 3. The van der Waals surface area contributed by atoms with Crippen LogP contribution in [-0.4, -0.2) is 33.0 Å². The number of carbonyl (C=O) groups excluding carboxylic acids is 1. The summed E-state index contributed by atoms with van der Waals surface area (Å²) in [6, 6.07) is 13.6. The van der Waals surface area contributed by atoms with Crippen molar-refractivity contribution in [1.29, 1.82) is 0 Å². The fourth-order valence-electron chi connectivity index (χ4n) is 3.76. The molecule has 0 fully saturated rings. The molecule has 0 bridgehead atoms. The highest BCUT2D eigenvalue weighted by Crippen LogP contribution is 2.34. The molecule has 9 heteroatoms. The zero-order valence-electron chi connectivity index (χ0n) is 17.1. The first-order chi connectivity index (χ1) is 15.5. The Morgan fingerprint density at radius 1 is 1.12 bits per heavy atom. The third-order valence-corrected chi connectivity index (χ3v) is 5.35. The van der Waals surface area contributed by atoms with Crippen LogP contribution in [0.3, 0.4) is 0 Å². The first kappa shape index (κ1) is 19.7. The van der Waals surface area contributed by atoms with Crippen molar-refractivity contribution < 1.29 is 18.3 Å². The van der Waals surface area contributed by atoms with Gasteiger partial charge in [-0.15, -0.1) is 0 Å². The summed E-state index contributed by atoms with van der Waals surface area (Å²) in [6.07, 6.45) is 1.26. The monoisotopic (exact) mass is 433 g/mol. The number of fused-ring (bicyclic) bond motifs is 2. The molecule has 5 aromatic rings. The molecule has 32 heavy (non-hydrogen) atoms. The molecule has 0 saturated heterocycles. The summed E-state index contributed by atoms with van der Waals surface area (Å²) in [5.41, 5.74) is 2.09. The van der Waals surface area contributed by atoms with Gasteiger partial charge in [0, 0.05) is 29.8 Å². The molecule has 0 aliphatic rings. The number of ether oxygens (including phenoxy) is 1. The SMILES string of the molecule is COc1ccccc1-c1n[nH]c2ccc(NC(=O)c3c(F)cc4c(cnn4C)c3F)cc12. The Hall–Kier alpha value is -4.27. The second-order valence-electron chi connectivity index (χ2n) is 7.24. The lowest BCUT2D eigenvalue weighted by molar-refractivity contribution is 0.101. The number of amides is 1.